The third-order valence-electron chi connectivity index (χ3n) is 8.42. The molecular weight excluding hydrogens is 566 g/mol. The van der Waals surface area contributed by atoms with Crippen molar-refractivity contribution in [3.05, 3.63) is 18.2 Å². The van der Waals surface area contributed by atoms with Gasteiger partial charge in [0.25, 0.3) is 0 Å². The zero-order valence-corrected chi connectivity index (χ0v) is 29.0. The Morgan fingerprint density at radius 1 is 0.489 bits per heavy atom. The molecule has 0 aliphatic rings. The minimum absolute atomic E-state index is 0.410. The Kier molecular flexibility index (Phi) is 26.1. The van der Waals surface area contributed by atoms with Gasteiger partial charge in [0.1, 0.15) is 24.6 Å². The van der Waals surface area contributed by atoms with Gasteiger partial charge in [0.05, 0.1) is 13.2 Å². The van der Waals surface area contributed by atoms with Crippen LogP contribution in [0.5, 0.6) is 11.5 Å². The lowest BCUT2D eigenvalue weighted by Crippen LogP contribution is -2.34. The Bertz CT molecular complexity index is 796. The summed E-state index contributed by atoms with van der Waals surface area (Å²) in [5, 5.41) is 18.7. The molecule has 0 amide bonds. The summed E-state index contributed by atoms with van der Waals surface area (Å²) in [6, 6.07) is 5.29. The molecule has 0 aromatic heterocycles. The van der Waals surface area contributed by atoms with Gasteiger partial charge in [-0.15, -0.1) is 0 Å². The van der Waals surface area contributed by atoms with Crippen molar-refractivity contribution < 1.29 is 29.3 Å². The van der Waals surface area contributed by atoms with Gasteiger partial charge in [-0.3, -0.25) is 9.59 Å². The predicted octanol–water partition coefficient (Wildman–Crippen LogP) is 10.8. The van der Waals surface area contributed by atoms with E-state index in [1.54, 1.807) is 12.1 Å². The van der Waals surface area contributed by atoms with E-state index in [2.05, 4.69) is 13.8 Å². The van der Waals surface area contributed by atoms with Crippen LogP contribution in [0.3, 0.4) is 0 Å². The van der Waals surface area contributed by atoms with E-state index in [9.17, 15) is 19.8 Å². The van der Waals surface area contributed by atoms with Gasteiger partial charge in [0.15, 0.2) is 0 Å². The molecule has 0 bridgehead atoms. The van der Waals surface area contributed by atoms with E-state index >= 15 is 0 Å². The van der Waals surface area contributed by atoms with Gasteiger partial charge < -0.3 is 24.6 Å². The fraction of sp³-hybridized carbons (Fsp3) is 0.789. The van der Waals surface area contributed by atoms with Crippen molar-refractivity contribution in [2.75, 3.05) is 31.2 Å². The minimum atomic E-state index is -1.09. The first kappa shape index (κ1) is 40.6. The molecule has 1 rings (SSSR count). The lowest BCUT2D eigenvalue weighted by Gasteiger charge is -2.22. The first-order valence-corrected chi connectivity index (χ1v) is 18.6. The van der Waals surface area contributed by atoms with E-state index in [1.807, 2.05) is 6.07 Å². The van der Waals surface area contributed by atoms with E-state index in [0.29, 0.717) is 30.4 Å². The molecule has 0 saturated carbocycles. The fourth-order valence-electron chi connectivity index (χ4n) is 5.74. The lowest BCUT2D eigenvalue weighted by atomic mass is 10.1. The smallest absolute Gasteiger partial charge is 0.323 e. The number of carboxylic acid groups (broad SMARTS) is 2. The number of ether oxygens (including phenoxy) is 2. The zero-order valence-electron chi connectivity index (χ0n) is 29.0. The van der Waals surface area contributed by atoms with Gasteiger partial charge in [-0.2, -0.15) is 0 Å². The molecule has 0 heterocycles. The largest absolute Gasteiger partial charge is 0.493 e. The molecule has 0 aliphatic heterocycles. The summed E-state index contributed by atoms with van der Waals surface area (Å²) in [6.45, 7) is 4.83. The number of anilines is 1. The van der Waals surface area contributed by atoms with Crippen molar-refractivity contribution in [2.45, 2.75) is 168 Å². The third kappa shape index (κ3) is 24.5. The summed E-state index contributed by atoms with van der Waals surface area (Å²) in [7, 11) is 0. The lowest BCUT2D eigenvalue weighted by molar-refractivity contribution is -0.136. The molecule has 1 aromatic rings. The Hall–Kier alpha value is -2.44. The van der Waals surface area contributed by atoms with Crippen LogP contribution in [0.25, 0.3) is 0 Å². The standard InChI is InChI=1S/C38H67NO6/c1-3-5-7-9-11-13-15-17-19-21-23-25-27-44-35-29-34(39(32-37(40)41)33-38(42)43)30-36(31-35)45-28-26-24-22-20-18-16-14-12-10-8-6-4-2/h29-31H,3-28,32-33H2,1-2H3,(H,40,41)(H,42,43). The number of hydrogen-bond acceptors (Lipinski definition) is 5. The summed E-state index contributed by atoms with van der Waals surface area (Å²) in [5.41, 5.74) is 0.483. The maximum atomic E-state index is 11.5. The molecule has 0 fully saturated rings. The molecule has 0 atom stereocenters. The van der Waals surface area contributed by atoms with Crippen LogP contribution in [0.15, 0.2) is 18.2 Å². The molecule has 7 heteroatoms. The molecule has 2 N–H and O–H groups in total. The van der Waals surface area contributed by atoms with E-state index in [1.165, 1.54) is 133 Å². The number of benzene rings is 1. The quantitative estimate of drug-likeness (QED) is 0.0743. The molecule has 7 nitrogen and oxygen atoms in total. The number of rotatable bonds is 33. The first-order chi connectivity index (χ1) is 22.0. The summed E-state index contributed by atoms with van der Waals surface area (Å²) >= 11 is 0. The minimum Gasteiger partial charge on any atom is -0.493 e. The van der Waals surface area contributed by atoms with Crippen LogP contribution in [-0.2, 0) is 9.59 Å². The average Bonchev–Trinajstić information content (AvgIpc) is 3.01. The number of carbonyl (C=O) groups is 2. The Labute approximate surface area is 275 Å². The molecule has 0 saturated heterocycles. The maximum absolute atomic E-state index is 11.5. The summed E-state index contributed by atoms with van der Waals surface area (Å²) in [4.78, 5) is 24.2. The monoisotopic (exact) mass is 633 g/mol. The highest BCUT2D eigenvalue weighted by molar-refractivity contribution is 5.80. The predicted molar refractivity (Wildman–Crippen MR) is 187 cm³/mol. The van der Waals surface area contributed by atoms with Crippen molar-refractivity contribution in [1.29, 1.82) is 0 Å². The van der Waals surface area contributed by atoms with E-state index in [0.717, 1.165) is 25.7 Å². The molecule has 0 radical (unpaired) electrons. The number of hydrogen-bond donors (Lipinski definition) is 2. The Morgan fingerprint density at radius 3 is 1.07 bits per heavy atom. The second-order valence-electron chi connectivity index (χ2n) is 12.8. The highest BCUT2D eigenvalue weighted by Gasteiger charge is 2.17. The number of unbranched alkanes of at least 4 members (excludes halogenated alkanes) is 22. The number of aliphatic carboxylic acids is 2. The van der Waals surface area contributed by atoms with E-state index < -0.39 is 25.0 Å². The fourth-order valence-corrected chi connectivity index (χ4v) is 5.74. The molecule has 1 aromatic carbocycles. The average molecular weight is 634 g/mol. The second-order valence-corrected chi connectivity index (χ2v) is 12.8. The molecule has 0 spiro atoms. The highest BCUT2D eigenvalue weighted by Crippen LogP contribution is 2.29. The van der Waals surface area contributed by atoms with Crippen LogP contribution >= 0.6 is 0 Å². The van der Waals surface area contributed by atoms with Crippen LogP contribution < -0.4 is 14.4 Å². The van der Waals surface area contributed by atoms with Crippen molar-refractivity contribution in [3.8, 4) is 11.5 Å². The van der Waals surface area contributed by atoms with Gasteiger partial charge in [-0.05, 0) is 12.8 Å². The summed E-state index contributed by atoms with van der Waals surface area (Å²) in [5.74, 6) is -1.00. The summed E-state index contributed by atoms with van der Waals surface area (Å²) < 4.78 is 12.1. The molecule has 45 heavy (non-hydrogen) atoms. The molecule has 0 unspecified atom stereocenters. The third-order valence-corrected chi connectivity index (χ3v) is 8.42. The number of nitrogens with zero attached hydrogens (tertiary/aromatic N) is 1. The maximum Gasteiger partial charge on any atom is 0.323 e. The molecule has 260 valence electrons. The first-order valence-electron chi connectivity index (χ1n) is 18.6. The van der Waals surface area contributed by atoms with Crippen LogP contribution in [0.1, 0.15) is 168 Å². The zero-order chi connectivity index (χ0) is 32.8. The van der Waals surface area contributed by atoms with Crippen LogP contribution in [0, 0.1) is 0 Å². The van der Waals surface area contributed by atoms with Crippen LogP contribution in [0.4, 0.5) is 5.69 Å². The SMILES string of the molecule is CCCCCCCCCCCCCCOc1cc(OCCCCCCCCCCCCCC)cc(N(CC(=O)O)CC(=O)O)c1. The Balaban J connectivity index is 2.44. The van der Waals surface area contributed by atoms with Gasteiger partial charge in [-0.25, -0.2) is 0 Å². The van der Waals surface area contributed by atoms with Crippen molar-refractivity contribution >= 4 is 17.6 Å². The van der Waals surface area contributed by atoms with E-state index in [-0.39, 0.29) is 0 Å². The van der Waals surface area contributed by atoms with Crippen molar-refractivity contribution in [3.63, 3.8) is 0 Å². The van der Waals surface area contributed by atoms with Gasteiger partial charge in [0.2, 0.25) is 0 Å². The van der Waals surface area contributed by atoms with Crippen molar-refractivity contribution in [1.82, 2.24) is 0 Å². The van der Waals surface area contributed by atoms with E-state index in [4.69, 9.17) is 9.47 Å². The second kappa shape index (κ2) is 29.0. The van der Waals surface area contributed by atoms with Gasteiger partial charge in [-0.1, -0.05) is 155 Å². The topological polar surface area (TPSA) is 96.3 Å². The van der Waals surface area contributed by atoms with Gasteiger partial charge in [0, 0.05) is 23.9 Å². The molecular formula is C38H67NO6. The Morgan fingerprint density at radius 2 is 0.778 bits per heavy atom. The number of carboxylic acids is 2. The summed E-state index contributed by atoms with van der Waals surface area (Å²) in [6.07, 6.45) is 30.6. The van der Waals surface area contributed by atoms with Crippen LogP contribution in [-0.4, -0.2) is 48.5 Å². The normalized spacial score (nSPS) is 11.1. The highest BCUT2D eigenvalue weighted by atomic mass is 16.5. The molecule has 0 aliphatic carbocycles. The van der Waals surface area contributed by atoms with Crippen molar-refractivity contribution in [2.24, 2.45) is 0 Å². The van der Waals surface area contributed by atoms with Crippen LogP contribution in [0.2, 0.25) is 0 Å². The van der Waals surface area contributed by atoms with Gasteiger partial charge >= 0.3 is 11.9 Å².